The molecule has 2 aliphatic heterocycles. The highest BCUT2D eigenvalue weighted by atomic mass is 15.2. The predicted octanol–water partition coefficient (Wildman–Crippen LogP) is 3.19. The largest absolute Gasteiger partial charge is 0.384 e. The highest BCUT2D eigenvalue weighted by molar-refractivity contribution is 5.59. The number of hydrogen-bond acceptors (Lipinski definition) is 3. The minimum Gasteiger partial charge on any atom is -0.384 e. The first kappa shape index (κ1) is 15.7. The number of likely N-dealkylation sites (N-methyl/N-ethyl adjacent to an activating group) is 1. The van der Waals surface area contributed by atoms with Gasteiger partial charge in [0, 0.05) is 50.9 Å². The highest BCUT2D eigenvalue weighted by Gasteiger charge is 2.23. The molecule has 2 aliphatic rings. The second-order valence-electron chi connectivity index (χ2n) is 7.27. The number of rotatable bonds is 4. The third-order valence-electron chi connectivity index (χ3n) is 5.42. The molecule has 2 aromatic carbocycles. The Bertz CT molecular complexity index is 675. The van der Waals surface area contributed by atoms with Crippen molar-refractivity contribution in [3.63, 3.8) is 0 Å². The number of fused-ring (bicyclic) bond motifs is 1. The fourth-order valence-electron chi connectivity index (χ4n) is 3.90. The van der Waals surface area contributed by atoms with Crippen LogP contribution in [0.15, 0.2) is 48.5 Å². The lowest BCUT2D eigenvalue weighted by Crippen LogP contribution is -2.43. The van der Waals surface area contributed by atoms with Crippen LogP contribution < -0.4 is 5.32 Å². The fraction of sp³-hybridized carbons (Fsp3) is 0.429. The van der Waals surface area contributed by atoms with E-state index in [2.05, 4.69) is 70.7 Å². The topological polar surface area (TPSA) is 18.5 Å². The zero-order chi connectivity index (χ0) is 16.4. The normalized spacial score (nSPS) is 21.5. The van der Waals surface area contributed by atoms with E-state index in [1.54, 1.807) is 0 Å². The maximum absolute atomic E-state index is 3.59. The van der Waals surface area contributed by atoms with Crippen molar-refractivity contribution in [2.24, 2.45) is 0 Å². The van der Waals surface area contributed by atoms with Crippen molar-refractivity contribution >= 4 is 5.69 Å². The van der Waals surface area contributed by atoms with Crippen LogP contribution >= 0.6 is 0 Å². The predicted molar refractivity (Wildman–Crippen MR) is 101 cm³/mol. The van der Waals surface area contributed by atoms with Gasteiger partial charge in [-0.15, -0.1) is 0 Å². The first-order valence-corrected chi connectivity index (χ1v) is 9.09. The Morgan fingerprint density at radius 1 is 0.958 bits per heavy atom. The van der Waals surface area contributed by atoms with Crippen LogP contribution in [0.25, 0.3) is 0 Å². The Kier molecular flexibility index (Phi) is 4.54. The minimum atomic E-state index is 0.592. The van der Waals surface area contributed by atoms with Crippen molar-refractivity contribution in [1.82, 2.24) is 9.80 Å². The lowest BCUT2D eigenvalue weighted by molar-refractivity contribution is 0.148. The van der Waals surface area contributed by atoms with Crippen LogP contribution in [0.3, 0.4) is 0 Å². The summed E-state index contributed by atoms with van der Waals surface area (Å²) in [6, 6.07) is 17.9. The second kappa shape index (κ2) is 6.96. The molecule has 0 aromatic heterocycles. The number of hydrogen-bond donors (Lipinski definition) is 1. The number of anilines is 1. The molecule has 0 amide bonds. The van der Waals surface area contributed by atoms with Crippen molar-refractivity contribution in [3.8, 4) is 0 Å². The summed E-state index contributed by atoms with van der Waals surface area (Å²) in [6.45, 7) is 6.87. The molecule has 1 saturated heterocycles. The van der Waals surface area contributed by atoms with Gasteiger partial charge < -0.3 is 10.2 Å². The van der Waals surface area contributed by atoms with Crippen molar-refractivity contribution in [2.75, 3.05) is 45.1 Å². The van der Waals surface area contributed by atoms with Crippen molar-refractivity contribution in [3.05, 3.63) is 65.2 Å². The summed E-state index contributed by atoms with van der Waals surface area (Å²) in [7, 11) is 2.21. The van der Waals surface area contributed by atoms with E-state index < -0.39 is 0 Å². The van der Waals surface area contributed by atoms with Crippen LogP contribution in [-0.2, 0) is 13.0 Å². The van der Waals surface area contributed by atoms with Gasteiger partial charge >= 0.3 is 0 Å². The van der Waals surface area contributed by atoms with Crippen molar-refractivity contribution in [2.45, 2.75) is 18.9 Å². The second-order valence-corrected chi connectivity index (χ2v) is 7.27. The Balaban J connectivity index is 1.46. The molecular weight excluding hydrogens is 294 g/mol. The van der Waals surface area contributed by atoms with Crippen molar-refractivity contribution in [1.29, 1.82) is 0 Å². The number of piperazine rings is 1. The van der Waals surface area contributed by atoms with E-state index in [1.165, 1.54) is 48.6 Å². The number of nitrogens with zero attached hydrogens (tertiary/aromatic N) is 2. The molecular formula is C21H27N3. The average molecular weight is 321 g/mol. The molecule has 1 fully saturated rings. The maximum atomic E-state index is 3.59. The maximum Gasteiger partial charge on any atom is 0.0376 e. The van der Waals surface area contributed by atoms with Gasteiger partial charge in [0.05, 0.1) is 0 Å². The van der Waals surface area contributed by atoms with Crippen LogP contribution in [0, 0.1) is 0 Å². The standard InChI is InChI=1S/C21H27N3/c1-23-9-11-24(12-10-23)16-18-7-8-21-20(14-18)19(15-22-21)13-17-5-3-2-4-6-17/h2-8,14,19,22H,9-13,15-16H2,1H3. The summed E-state index contributed by atoms with van der Waals surface area (Å²) >= 11 is 0. The third-order valence-corrected chi connectivity index (χ3v) is 5.42. The van der Waals surface area contributed by atoms with Gasteiger partial charge in [0.25, 0.3) is 0 Å². The molecule has 1 N–H and O–H groups in total. The molecule has 0 saturated carbocycles. The fourth-order valence-corrected chi connectivity index (χ4v) is 3.90. The molecule has 126 valence electrons. The quantitative estimate of drug-likeness (QED) is 0.933. The molecule has 3 nitrogen and oxygen atoms in total. The molecule has 3 heteroatoms. The molecule has 0 bridgehead atoms. The molecule has 1 atom stereocenters. The van der Waals surface area contributed by atoms with Crippen LogP contribution in [-0.4, -0.2) is 49.6 Å². The van der Waals surface area contributed by atoms with Gasteiger partial charge in [-0.05, 0) is 36.2 Å². The van der Waals surface area contributed by atoms with Gasteiger partial charge in [-0.1, -0.05) is 42.5 Å². The Morgan fingerprint density at radius 3 is 2.54 bits per heavy atom. The lowest BCUT2D eigenvalue weighted by Gasteiger charge is -2.32. The summed E-state index contributed by atoms with van der Waals surface area (Å²) in [5, 5.41) is 3.59. The SMILES string of the molecule is CN1CCN(Cc2ccc3c(c2)C(Cc2ccccc2)CN3)CC1. The molecule has 1 unspecified atom stereocenters. The molecule has 0 radical (unpaired) electrons. The van der Waals surface area contributed by atoms with Gasteiger partial charge in [-0.3, -0.25) is 4.90 Å². The minimum absolute atomic E-state index is 0.592. The summed E-state index contributed by atoms with van der Waals surface area (Å²) in [6.07, 6.45) is 1.12. The van der Waals surface area contributed by atoms with Gasteiger partial charge in [0.15, 0.2) is 0 Å². The monoisotopic (exact) mass is 321 g/mol. The van der Waals surface area contributed by atoms with E-state index in [4.69, 9.17) is 0 Å². The number of benzene rings is 2. The number of nitrogens with one attached hydrogen (secondary N) is 1. The smallest absolute Gasteiger partial charge is 0.0376 e. The van der Waals surface area contributed by atoms with Crippen LogP contribution in [0.1, 0.15) is 22.6 Å². The Labute approximate surface area is 145 Å². The Morgan fingerprint density at radius 2 is 1.75 bits per heavy atom. The first-order valence-electron chi connectivity index (χ1n) is 9.09. The molecule has 2 aromatic rings. The third kappa shape index (κ3) is 3.47. The van der Waals surface area contributed by atoms with E-state index in [9.17, 15) is 0 Å². The molecule has 0 aliphatic carbocycles. The van der Waals surface area contributed by atoms with Gasteiger partial charge in [0.2, 0.25) is 0 Å². The van der Waals surface area contributed by atoms with E-state index in [0.717, 1.165) is 19.5 Å². The van der Waals surface area contributed by atoms with Crippen LogP contribution in [0.2, 0.25) is 0 Å². The first-order chi connectivity index (χ1) is 11.8. The van der Waals surface area contributed by atoms with Gasteiger partial charge in [-0.2, -0.15) is 0 Å². The molecule has 2 heterocycles. The van der Waals surface area contributed by atoms with Crippen LogP contribution in [0.4, 0.5) is 5.69 Å². The van der Waals surface area contributed by atoms with Crippen molar-refractivity contribution < 1.29 is 0 Å². The highest BCUT2D eigenvalue weighted by Crippen LogP contribution is 2.34. The van der Waals surface area contributed by atoms with E-state index in [0.29, 0.717) is 5.92 Å². The van der Waals surface area contributed by atoms with E-state index in [1.807, 2.05) is 0 Å². The Hall–Kier alpha value is -1.84. The summed E-state index contributed by atoms with van der Waals surface area (Å²) < 4.78 is 0. The molecule has 0 spiro atoms. The van der Waals surface area contributed by atoms with Gasteiger partial charge in [0.1, 0.15) is 0 Å². The molecule has 24 heavy (non-hydrogen) atoms. The lowest BCUT2D eigenvalue weighted by atomic mass is 9.92. The van der Waals surface area contributed by atoms with E-state index in [-0.39, 0.29) is 0 Å². The van der Waals surface area contributed by atoms with Crippen LogP contribution in [0.5, 0.6) is 0 Å². The summed E-state index contributed by atoms with van der Waals surface area (Å²) in [4.78, 5) is 5.00. The average Bonchev–Trinajstić information content (AvgIpc) is 3.00. The zero-order valence-electron chi connectivity index (χ0n) is 14.5. The van der Waals surface area contributed by atoms with Gasteiger partial charge in [-0.25, -0.2) is 0 Å². The zero-order valence-corrected chi connectivity index (χ0v) is 14.5. The van der Waals surface area contributed by atoms with E-state index >= 15 is 0 Å². The summed E-state index contributed by atoms with van der Waals surface area (Å²) in [5.74, 6) is 0.592. The summed E-state index contributed by atoms with van der Waals surface area (Å²) in [5.41, 5.74) is 5.73. The molecule has 4 rings (SSSR count).